The third-order valence-electron chi connectivity index (χ3n) is 6.41. The van der Waals surface area contributed by atoms with Crippen molar-refractivity contribution < 1.29 is 8.91 Å². The van der Waals surface area contributed by atoms with Gasteiger partial charge in [-0.1, -0.05) is 11.2 Å². The Morgan fingerprint density at radius 1 is 1.18 bits per heavy atom. The Hall–Kier alpha value is -4.29. The standard InChI is InChI=1S/C25H20FN7O/c1-13-29-23(33-34-13)22-21-17(20-15(11-27)4-3-5-18(20)30-21)10-25(2,32-22)24-28-12-19(31-24)14-6-8-16(26)9-7-14/h3-9,12,22,30,32H,10H2,1-2H3,(H,28,31)/t22?,25-/m1/s1. The zero-order valence-corrected chi connectivity index (χ0v) is 18.5. The number of aryl methyl sites for hydroxylation is 1. The first-order valence-electron chi connectivity index (χ1n) is 10.9. The van der Waals surface area contributed by atoms with Crippen molar-refractivity contribution >= 4 is 10.9 Å². The molecule has 1 aliphatic heterocycles. The van der Waals surface area contributed by atoms with Gasteiger partial charge in [-0.05, 0) is 48.9 Å². The third kappa shape index (κ3) is 3.11. The van der Waals surface area contributed by atoms with E-state index in [9.17, 15) is 9.65 Å². The number of fused-ring (bicyclic) bond motifs is 3. The predicted octanol–water partition coefficient (Wildman–Crippen LogP) is 4.41. The van der Waals surface area contributed by atoms with Crippen LogP contribution >= 0.6 is 0 Å². The molecule has 8 nitrogen and oxygen atoms in total. The molecule has 0 amide bonds. The largest absolute Gasteiger partial charge is 0.356 e. The number of imidazole rings is 1. The van der Waals surface area contributed by atoms with Gasteiger partial charge < -0.3 is 14.5 Å². The first-order valence-corrected chi connectivity index (χ1v) is 10.9. The van der Waals surface area contributed by atoms with Crippen LogP contribution in [0.15, 0.2) is 53.2 Å². The van der Waals surface area contributed by atoms with Crippen LogP contribution in [0.1, 0.15) is 47.3 Å². The summed E-state index contributed by atoms with van der Waals surface area (Å²) in [4.78, 5) is 16.1. The number of nitrogens with zero attached hydrogens (tertiary/aromatic N) is 4. The van der Waals surface area contributed by atoms with Crippen LogP contribution in [0, 0.1) is 24.1 Å². The summed E-state index contributed by atoms with van der Waals surface area (Å²) in [6, 6.07) is 13.8. The van der Waals surface area contributed by atoms with Crippen LogP contribution in [0.25, 0.3) is 22.2 Å². The number of aromatic amines is 2. The van der Waals surface area contributed by atoms with Crippen LogP contribution in [0.5, 0.6) is 0 Å². The molecule has 0 fully saturated rings. The minimum atomic E-state index is -0.637. The van der Waals surface area contributed by atoms with Gasteiger partial charge in [-0.2, -0.15) is 10.2 Å². The van der Waals surface area contributed by atoms with E-state index in [0.29, 0.717) is 35.2 Å². The molecule has 6 rings (SSSR count). The average Bonchev–Trinajstić information content (AvgIpc) is 3.57. The van der Waals surface area contributed by atoms with Crippen LogP contribution in [-0.2, 0) is 12.0 Å². The van der Waals surface area contributed by atoms with Crippen molar-refractivity contribution in [1.29, 1.82) is 5.26 Å². The molecule has 1 unspecified atom stereocenters. The maximum Gasteiger partial charge on any atom is 0.223 e. The minimum absolute atomic E-state index is 0.293. The Labute approximate surface area is 193 Å². The number of rotatable bonds is 3. The number of H-pyrrole nitrogens is 2. The molecule has 34 heavy (non-hydrogen) atoms. The van der Waals surface area contributed by atoms with Crippen LogP contribution in [0.3, 0.4) is 0 Å². The first kappa shape index (κ1) is 20.3. The van der Waals surface area contributed by atoms with E-state index in [1.54, 1.807) is 19.1 Å². The molecule has 1 aliphatic rings. The van der Waals surface area contributed by atoms with Gasteiger partial charge in [-0.3, -0.25) is 5.32 Å². The monoisotopic (exact) mass is 453 g/mol. The second kappa shape index (κ2) is 7.37. The lowest BCUT2D eigenvalue weighted by atomic mass is 9.83. The van der Waals surface area contributed by atoms with Gasteiger partial charge in [0.1, 0.15) is 17.7 Å². The average molecular weight is 453 g/mol. The zero-order chi connectivity index (χ0) is 23.4. The molecule has 0 aliphatic carbocycles. The van der Waals surface area contributed by atoms with Gasteiger partial charge in [-0.25, -0.2) is 9.37 Å². The SMILES string of the molecule is Cc1nc(C2N[C@@](C)(c3nc(-c4ccc(F)cc4)c[nH]3)Cc3c2[nH]c2cccc(C#N)c32)no1. The number of hydrogen-bond acceptors (Lipinski definition) is 6. The second-order valence-corrected chi connectivity index (χ2v) is 8.76. The van der Waals surface area contributed by atoms with Gasteiger partial charge in [0.05, 0.1) is 22.9 Å². The normalized spacial score (nSPS) is 19.8. The Balaban J connectivity index is 1.50. The van der Waals surface area contributed by atoms with Crippen molar-refractivity contribution in [2.75, 3.05) is 0 Å². The molecule has 3 N–H and O–H groups in total. The van der Waals surface area contributed by atoms with E-state index in [2.05, 4.69) is 38.4 Å². The summed E-state index contributed by atoms with van der Waals surface area (Å²) in [7, 11) is 0. The van der Waals surface area contributed by atoms with E-state index in [1.807, 2.05) is 24.4 Å². The predicted molar refractivity (Wildman–Crippen MR) is 122 cm³/mol. The molecule has 168 valence electrons. The molecule has 2 aromatic carbocycles. The quantitative estimate of drug-likeness (QED) is 0.372. The molecule has 0 saturated carbocycles. The highest BCUT2D eigenvalue weighted by Crippen LogP contribution is 2.42. The maximum atomic E-state index is 13.4. The molecule has 0 radical (unpaired) electrons. The number of aromatic nitrogens is 5. The second-order valence-electron chi connectivity index (χ2n) is 8.76. The van der Waals surface area contributed by atoms with Gasteiger partial charge in [0, 0.05) is 41.7 Å². The Bertz CT molecular complexity index is 1570. The van der Waals surface area contributed by atoms with Crippen LogP contribution in [-0.4, -0.2) is 25.1 Å². The van der Waals surface area contributed by atoms with Gasteiger partial charge in [0.15, 0.2) is 5.82 Å². The Kier molecular flexibility index (Phi) is 4.40. The molecule has 0 spiro atoms. The lowest BCUT2D eigenvalue weighted by Gasteiger charge is -2.37. The van der Waals surface area contributed by atoms with E-state index < -0.39 is 11.6 Å². The summed E-state index contributed by atoms with van der Waals surface area (Å²) >= 11 is 0. The fourth-order valence-corrected chi connectivity index (χ4v) is 4.81. The first-order chi connectivity index (χ1) is 16.4. The van der Waals surface area contributed by atoms with Crippen LogP contribution in [0.2, 0.25) is 0 Å². The molecular weight excluding hydrogens is 433 g/mol. The highest BCUT2D eigenvalue weighted by Gasteiger charge is 2.42. The highest BCUT2D eigenvalue weighted by atomic mass is 19.1. The molecular formula is C25H20FN7O. The molecule has 2 atom stereocenters. The molecule has 0 saturated heterocycles. The number of nitriles is 1. The van der Waals surface area contributed by atoms with E-state index in [1.165, 1.54) is 12.1 Å². The zero-order valence-electron chi connectivity index (χ0n) is 18.5. The van der Waals surface area contributed by atoms with Crippen molar-refractivity contribution in [3.63, 3.8) is 0 Å². The van der Waals surface area contributed by atoms with Gasteiger partial charge in [0.2, 0.25) is 5.89 Å². The number of nitrogens with one attached hydrogen (secondary N) is 3. The Morgan fingerprint density at radius 3 is 2.74 bits per heavy atom. The van der Waals surface area contributed by atoms with E-state index in [-0.39, 0.29) is 5.82 Å². The fraction of sp³-hybridized carbons (Fsp3) is 0.200. The molecule has 4 heterocycles. The number of halogens is 1. The number of hydrogen-bond donors (Lipinski definition) is 3. The molecule has 9 heteroatoms. The summed E-state index contributed by atoms with van der Waals surface area (Å²) < 4.78 is 18.7. The van der Waals surface area contributed by atoms with Gasteiger partial charge in [-0.15, -0.1) is 0 Å². The molecule has 3 aromatic heterocycles. The third-order valence-corrected chi connectivity index (χ3v) is 6.41. The van der Waals surface area contributed by atoms with Gasteiger partial charge in [0.25, 0.3) is 0 Å². The van der Waals surface area contributed by atoms with Crippen molar-refractivity contribution in [3.05, 3.63) is 88.8 Å². The fourth-order valence-electron chi connectivity index (χ4n) is 4.81. The van der Waals surface area contributed by atoms with Crippen LogP contribution < -0.4 is 5.32 Å². The number of benzene rings is 2. The summed E-state index contributed by atoms with van der Waals surface area (Å²) in [6.45, 7) is 3.80. The molecule has 5 aromatic rings. The van der Waals surface area contributed by atoms with Crippen molar-refractivity contribution in [3.8, 4) is 17.3 Å². The van der Waals surface area contributed by atoms with E-state index in [4.69, 9.17) is 9.51 Å². The topological polar surface area (TPSA) is 119 Å². The van der Waals surface area contributed by atoms with Gasteiger partial charge >= 0.3 is 0 Å². The summed E-state index contributed by atoms with van der Waals surface area (Å²) in [5, 5.41) is 18.5. The smallest absolute Gasteiger partial charge is 0.223 e. The maximum absolute atomic E-state index is 13.4. The van der Waals surface area contributed by atoms with Crippen molar-refractivity contribution in [2.24, 2.45) is 0 Å². The lowest BCUT2D eigenvalue weighted by molar-refractivity contribution is 0.284. The van der Waals surface area contributed by atoms with E-state index in [0.717, 1.165) is 27.7 Å². The minimum Gasteiger partial charge on any atom is -0.356 e. The summed E-state index contributed by atoms with van der Waals surface area (Å²) in [6.07, 6.45) is 2.39. The molecule has 0 bridgehead atoms. The van der Waals surface area contributed by atoms with Crippen molar-refractivity contribution in [2.45, 2.75) is 31.8 Å². The van der Waals surface area contributed by atoms with E-state index >= 15 is 0 Å². The van der Waals surface area contributed by atoms with Crippen LogP contribution in [0.4, 0.5) is 4.39 Å². The summed E-state index contributed by atoms with van der Waals surface area (Å²) in [5.41, 5.74) is 4.30. The summed E-state index contributed by atoms with van der Waals surface area (Å²) in [5.74, 6) is 1.39. The lowest BCUT2D eigenvalue weighted by Crippen LogP contribution is -2.48. The Morgan fingerprint density at radius 2 is 2.00 bits per heavy atom. The van der Waals surface area contributed by atoms with Crippen molar-refractivity contribution in [1.82, 2.24) is 30.4 Å². The highest BCUT2D eigenvalue weighted by molar-refractivity contribution is 5.90.